The molecule has 6 heteroatoms. The van der Waals surface area contributed by atoms with Gasteiger partial charge >= 0.3 is 0 Å². The van der Waals surface area contributed by atoms with Crippen LogP contribution in [0.1, 0.15) is 24.0 Å². The third kappa shape index (κ3) is 4.45. The van der Waals surface area contributed by atoms with Gasteiger partial charge in [0.15, 0.2) is 0 Å². The first-order chi connectivity index (χ1) is 13.1. The summed E-state index contributed by atoms with van der Waals surface area (Å²) in [6.07, 6.45) is 1.34. The zero-order valence-corrected chi connectivity index (χ0v) is 17.2. The van der Waals surface area contributed by atoms with Gasteiger partial charge in [-0.2, -0.15) is 0 Å². The van der Waals surface area contributed by atoms with Crippen molar-refractivity contribution in [3.8, 4) is 11.5 Å². The van der Waals surface area contributed by atoms with Gasteiger partial charge in [-0.15, -0.1) is 0 Å². The predicted octanol–water partition coefficient (Wildman–Crippen LogP) is 3.83. The summed E-state index contributed by atoms with van der Waals surface area (Å²) in [5.74, 6) is 1.43. The lowest BCUT2D eigenvalue weighted by Crippen LogP contribution is -2.47. The van der Waals surface area contributed by atoms with Crippen molar-refractivity contribution in [3.63, 3.8) is 0 Å². The van der Waals surface area contributed by atoms with Crippen LogP contribution in [0.2, 0.25) is 0 Å². The number of nitrogens with one attached hydrogen (secondary N) is 1. The lowest BCUT2D eigenvalue weighted by atomic mass is 9.73. The average Bonchev–Trinajstić information content (AvgIpc) is 2.72. The van der Waals surface area contributed by atoms with Crippen LogP contribution in [0.5, 0.6) is 11.5 Å². The Morgan fingerprint density at radius 3 is 2.22 bits per heavy atom. The molecule has 1 amide bonds. The Bertz CT molecular complexity index is 763. The molecule has 0 aliphatic carbocycles. The highest BCUT2D eigenvalue weighted by Crippen LogP contribution is 2.36. The lowest BCUT2D eigenvalue weighted by Gasteiger charge is -2.36. The van der Waals surface area contributed by atoms with Gasteiger partial charge in [0.05, 0.1) is 19.6 Å². The Hall–Kier alpha value is -2.05. The van der Waals surface area contributed by atoms with E-state index in [2.05, 4.69) is 21.2 Å². The molecular formula is C21H24BrNO4. The van der Waals surface area contributed by atoms with Gasteiger partial charge in [-0.1, -0.05) is 28.1 Å². The molecule has 0 radical (unpaired) electrons. The molecule has 1 saturated heterocycles. The van der Waals surface area contributed by atoms with E-state index in [4.69, 9.17) is 14.2 Å². The fraction of sp³-hybridized carbons (Fsp3) is 0.381. The smallest absolute Gasteiger partial charge is 0.231 e. The molecule has 0 aromatic heterocycles. The second-order valence-electron chi connectivity index (χ2n) is 6.60. The Morgan fingerprint density at radius 2 is 1.67 bits per heavy atom. The van der Waals surface area contributed by atoms with Crippen molar-refractivity contribution in [2.24, 2.45) is 0 Å². The molecule has 0 unspecified atom stereocenters. The quantitative estimate of drug-likeness (QED) is 0.751. The van der Waals surface area contributed by atoms with Crippen LogP contribution < -0.4 is 14.8 Å². The minimum atomic E-state index is -0.568. The molecule has 0 atom stereocenters. The van der Waals surface area contributed by atoms with Crippen molar-refractivity contribution < 1.29 is 19.0 Å². The van der Waals surface area contributed by atoms with Crippen molar-refractivity contribution in [2.75, 3.05) is 27.4 Å². The molecule has 0 spiro atoms. The Kier molecular flexibility index (Phi) is 6.39. The van der Waals surface area contributed by atoms with E-state index in [9.17, 15) is 4.79 Å². The maximum absolute atomic E-state index is 13.2. The largest absolute Gasteiger partial charge is 0.497 e. The fourth-order valence-electron chi connectivity index (χ4n) is 3.46. The van der Waals surface area contributed by atoms with Crippen LogP contribution in [0.25, 0.3) is 0 Å². The fourth-order valence-corrected chi connectivity index (χ4v) is 3.72. The predicted molar refractivity (Wildman–Crippen MR) is 107 cm³/mol. The highest BCUT2D eigenvalue weighted by atomic mass is 79.9. The molecule has 2 aromatic rings. The van der Waals surface area contributed by atoms with Crippen molar-refractivity contribution in [2.45, 2.75) is 24.8 Å². The average molecular weight is 434 g/mol. The molecule has 1 N–H and O–H groups in total. The van der Waals surface area contributed by atoms with Crippen molar-refractivity contribution >= 4 is 21.8 Å². The van der Waals surface area contributed by atoms with Gasteiger partial charge in [0, 0.05) is 30.3 Å². The third-order valence-corrected chi connectivity index (χ3v) is 5.57. The highest BCUT2D eigenvalue weighted by Gasteiger charge is 2.41. The molecule has 1 aliphatic rings. The molecule has 5 nitrogen and oxygen atoms in total. The summed E-state index contributed by atoms with van der Waals surface area (Å²) in [4.78, 5) is 13.2. The number of amides is 1. The first-order valence-electron chi connectivity index (χ1n) is 8.91. The summed E-state index contributed by atoms with van der Waals surface area (Å²) >= 11 is 3.46. The SMILES string of the molecule is COc1cc(CNC(=O)C2(c3ccc(Br)cc3)CCOCC2)cc(OC)c1. The number of ether oxygens (including phenoxy) is 3. The molecule has 1 aliphatic heterocycles. The van der Waals surface area contributed by atoms with Crippen LogP contribution >= 0.6 is 15.9 Å². The number of carbonyl (C=O) groups is 1. The summed E-state index contributed by atoms with van der Waals surface area (Å²) in [7, 11) is 3.23. The first kappa shape index (κ1) is 19.7. The summed E-state index contributed by atoms with van der Waals surface area (Å²) in [5.41, 5.74) is 1.38. The zero-order valence-electron chi connectivity index (χ0n) is 15.6. The topological polar surface area (TPSA) is 56.8 Å². The molecule has 1 fully saturated rings. The van der Waals surface area contributed by atoms with E-state index in [-0.39, 0.29) is 5.91 Å². The minimum Gasteiger partial charge on any atom is -0.497 e. The summed E-state index contributed by atoms with van der Waals surface area (Å²) in [5, 5.41) is 3.11. The van der Waals surface area contributed by atoms with Gasteiger partial charge in [-0.3, -0.25) is 4.79 Å². The maximum Gasteiger partial charge on any atom is 0.231 e. The van der Waals surface area contributed by atoms with Gasteiger partial charge in [-0.05, 0) is 48.2 Å². The molecular weight excluding hydrogens is 410 g/mol. The van der Waals surface area contributed by atoms with Crippen molar-refractivity contribution in [1.82, 2.24) is 5.32 Å². The second kappa shape index (κ2) is 8.76. The summed E-state index contributed by atoms with van der Waals surface area (Å²) < 4.78 is 17.1. The van der Waals surface area contributed by atoms with Gasteiger partial charge in [0.1, 0.15) is 11.5 Å². The molecule has 27 heavy (non-hydrogen) atoms. The van der Waals surface area contributed by atoms with E-state index in [1.807, 2.05) is 42.5 Å². The van der Waals surface area contributed by atoms with Crippen LogP contribution in [0.3, 0.4) is 0 Å². The van der Waals surface area contributed by atoms with Gasteiger partial charge in [0.25, 0.3) is 0 Å². The molecule has 0 bridgehead atoms. The molecule has 2 aromatic carbocycles. The van der Waals surface area contributed by atoms with E-state index in [0.29, 0.717) is 44.1 Å². The minimum absolute atomic E-state index is 0.0231. The van der Waals surface area contributed by atoms with Gasteiger partial charge in [-0.25, -0.2) is 0 Å². The summed E-state index contributed by atoms with van der Waals surface area (Å²) in [6, 6.07) is 13.6. The first-order valence-corrected chi connectivity index (χ1v) is 9.71. The Morgan fingerprint density at radius 1 is 1.07 bits per heavy atom. The van der Waals surface area contributed by atoms with Crippen LogP contribution in [-0.2, 0) is 21.5 Å². The third-order valence-electron chi connectivity index (χ3n) is 5.04. The van der Waals surface area contributed by atoms with E-state index in [0.717, 1.165) is 15.6 Å². The van der Waals surface area contributed by atoms with E-state index < -0.39 is 5.41 Å². The van der Waals surface area contributed by atoms with Crippen LogP contribution in [0, 0.1) is 0 Å². The maximum atomic E-state index is 13.2. The van der Waals surface area contributed by atoms with E-state index in [1.54, 1.807) is 14.2 Å². The lowest BCUT2D eigenvalue weighted by molar-refractivity contribution is -0.130. The number of hydrogen-bond acceptors (Lipinski definition) is 4. The Balaban J connectivity index is 1.80. The van der Waals surface area contributed by atoms with Gasteiger partial charge in [0.2, 0.25) is 5.91 Å². The normalized spacial score (nSPS) is 15.8. The molecule has 1 heterocycles. The second-order valence-corrected chi connectivity index (χ2v) is 7.52. The molecule has 144 valence electrons. The number of methoxy groups -OCH3 is 2. The number of rotatable bonds is 6. The highest BCUT2D eigenvalue weighted by molar-refractivity contribution is 9.10. The van der Waals surface area contributed by atoms with Crippen molar-refractivity contribution in [1.29, 1.82) is 0 Å². The number of carbonyl (C=O) groups excluding carboxylic acids is 1. The number of hydrogen-bond donors (Lipinski definition) is 1. The monoisotopic (exact) mass is 433 g/mol. The van der Waals surface area contributed by atoms with Crippen LogP contribution in [0.15, 0.2) is 46.9 Å². The number of halogens is 1. The molecule has 0 saturated carbocycles. The van der Waals surface area contributed by atoms with Crippen LogP contribution in [0.4, 0.5) is 0 Å². The standard InChI is InChI=1S/C21H24BrNO4/c1-25-18-11-15(12-19(13-18)26-2)14-23-20(24)21(7-9-27-10-8-21)16-3-5-17(22)6-4-16/h3-6,11-13H,7-10,14H2,1-2H3,(H,23,24). The summed E-state index contributed by atoms with van der Waals surface area (Å²) in [6.45, 7) is 1.57. The van der Waals surface area contributed by atoms with Crippen LogP contribution in [-0.4, -0.2) is 33.3 Å². The zero-order chi connectivity index (χ0) is 19.3. The van der Waals surface area contributed by atoms with E-state index >= 15 is 0 Å². The van der Waals surface area contributed by atoms with E-state index in [1.165, 1.54) is 0 Å². The Labute approximate surface area is 168 Å². The molecule has 3 rings (SSSR count). The number of benzene rings is 2. The van der Waals surface area contributed by atoms with Crippen molar-refractivity contribution in [3.05, 3.63) is 58.1 Å². The van der Waals surface area contributed by atoms with Gasteiger partial charge < -0.3 is 19.5 Å².